The molecule has 3 aromatic rings. The van der Waals surface area contributed by atoms with Crippen molar-refractivity contribution in [2.24, 2.45) is 7.05 Å². The molecule has 3 aliphatic rings. The quantitative estimate of drug-likeness (QED) is 0.284. The van der Waals surface area contributed by atoms with Gasteiger partial charge in [0.15, 0.2) is 5.82 Å². The Morgan fingerprint density at radius 2 is 1.98 bits per heavy atom. The Hall–Kier alpha value is -3.71. The minimum Gasteiger partial charge on any atom is -0.338 e. The molecule has 3 aliphatic heterocycles. The summed E-state index contributed by atoms with van der Waals surface area (Å²) in [7, 11) is 1.79. The van der Waals surface area contributed by atoms with E-state index in [0.717, 1.165) is 87.2 Å². The number of likely N-dealkylation sites (tertiary alicyclic amines) is 1. The molecule has 1 saturated heterocycles. The molecule has 1 amide bonds. The first-order valence-corrected chi connectivity index (χ1v) is 15.1. The summed E-state index contributed by atoms with van der Waals surface area (Å²) in [4.78, 5) is 18.9. The van der Waals surface area contributed by atoms with Gasteiger partial charge >= 0.3 is 0 Å². The molecule has 0 N–H and O–H groups in total. The van der Waals surface area contributed by atoms with E-state index in [0.29, 0.717) is 30.8 Å². The van der Waals surface area contributed by atoms with E-state index >= 15 is 0 Å². The van der Waals surface area contributed by atoms with E-state index in [9.17, 15) is 13.6 Å². The Morgan fingerprint density at radius 3 is 2.67 bits per heavy atom. The molecule has 0 unspecified atom stereocenters. The lowest BCUT2D eigenvalue weighted by Gasteiger charge is -2.34. The fourth-order valence-corrected chi connectivity index (χ4v) is 6.87. The number of aryl methyl sites for hydroxylation is 2. The number of hydrogen-bond donors (Lipinski definition) is 0. The normalized spacial score (nSPS) is 17.8. The van der Waals surface area contributed by atoms with Crippen molar-refractivity contribution in [3.63, 3.8) is 0 Å². The topological polar surface area (TPSA) is 62.4 Å². The van der Waals surface area contributed by atoms with Crippen LogP contribution in [0.2, 0.25) is 0 Å². The van der Waals surface area contributed by atoms with E-state index in [1.807, 2.05) is 11.0 Å². The standard InChI is InChI=1S/C32H39F2N7O/c1-4-5-6-12-38-14-9-25(10-15-38)41-29-11-16-39(22(2)42)21-28(29)32(36-41)40-13-7-8-23-17-26(24-19-35-37(3)20-24)27(31(33)34)18-30(23)40/h1,17-20,25,31H,5-16,21H2,2-3H3. The second-order valence-electron chi connectivity index (χ2n) is 11.8. The van der Waals surface area contributed by atoms with Gasteiger partial charge < -0.3 is 14.7 Å². The lowest BCUT2D eigenvalue weighted by Crippen LogP contribution is -2.38. The van der Waals surface area contributed by atoms with Crippen molar-refractivity contribution in [3.8, 4) is 23.5 Å². The number of carbonyl (C=O) groups is 1. The number of anilines is 2. The largest absolute Gasteiger partial charge is 0.338 e. The number of amides is 1. The minimum atomic E-state index is -2.63. The average Bonchev–Trinajstić information content (AvgIpc) is 3.60. The van der Waals surface area contributed by atoms with Crippen LogP contribution in [0, 0.1) is 12.3 Å². The van der Waals surface area contributed by atoms with Gasteiger partial charge in [0.25, 0.3) is 6.43 Å². The summed E-state index contributed by atoms with van der Waals surface area (Å²) in [5.41, 5.74) is 5.29. The lowest BCUT2D eigenvalue weighted by molar-refractivity contribution is -0.129. The highest BCUT2D eigenvalue weighted by atomic mass is 19.3. The molecule has 0 atom stereocenters. The van der Waals surface area contributed by atoms with E-state index < -0.39 is 6.43 Å². The summed E-state index contributed by atoms with van der Waals surface area (Å²) >= 11 is 0. The molecule has 10 heteroatoms. The summed E-state index contributed by atoms with van der Waals surface area (Å²) < 4.78 is 32.8. The number of unbranched alkanes of at least 4 members (excludes halogenated alkanes) is 1. The van der Waals surface area contributed by atoms with Crippen molar-refractivity contribution in [2.45, 2.75) is 70.9 Å². The Bertz CT molecular complexity index is 1490. The molecule has 0 bridgehead atoms. The van der Waals surface area contributed by atoms with Crippen molar-refractivity contribution in [1.82, 2.24) is 29.4 Å². The number of benzene rings is 1. The number of hydrogen-bond acceptors (Lipinski definition) is 5. The van der Waals surface area contributed by atoms with Gasteiger partial charge in [0.1, 0.15) is 0 Å². The fraction of sp³-hybridized carbons (Fsp3) is 0.531. The molecule has 222 valence electrons. The SMILES string of the molecule is C#CCCCN1CCC(n2nc(N3CCCc4cc(-c5cnn(C)c5)c(C(F)F)cc43)c3c2CCN(C(C)=O)C3)CC1. The molecule has 0 spiro atoms. The van der Waals surface area contributed by atoms with E-state index in [2.05, 4.69) is 25.5 Å². The number of carbonyl (C=O) groups excluding carboxylic acids is 1. The highest BCUT2D eigenvalue weighted by Crippen LogP contribution is 2.43. The second kappa shape index (κ2) is 11.9. The molecule has 42 heavy (non-hydrogen) atoms. The van der Waals surface area contributed by atoms with Crippen LogP contribution in [0.25, 0.3) is 11.1 Å². The third-order valence-electron chi connectivity index (χ3n) is 9.08. The summed E-state index contributed by atoms with van der Waals surface area (Å²) in [6, 6.07) is 3.85. The van der Waals surface area contributed by atoms with Gasteiger partial charge in [-0.05, 0) is 61.9 Å². The van der Waals surface area contributed by atoms with Crippen LogP contribution in [-0.2, 0) is 31.2 Å². The maximum Gasteiger partial charge on any atom is 0.264 e. The Kier molecular flexibility index (Phi) is 8.04. The van der Waals surface area contributed by atoms with Gasteiger partial charge in [0, 0.05) is 87.3 Å². The zero-order chi connectivity index (χ0) is 29.4. The third kappa shape index (κ3) is 5.42. The minimum absolute atomic E-state index is 0.00419. The number of alkyl halides is 2. The molecular formula is C32H39F2N7O. The predicted octanol–water partition coefficient (Wildman–Crippen LogP) is 5.26. The molecule has 2 aromatic heterocycles. The van der Waals surface area contributed by atoms with Gasteiger partial charge in [0.05, 0.1) is 18.8 Å². The number of aromatic nitrogens is 4. The average molecular weight is 576 g/mol. The third-order valence-corrected chi connectivity index (χ3v) is 9.08. The maximum atomic E-state index is 14.5. The van der Waals surface area contributed by atoms with Crippen molar-refractivity contribution in [3.05, 3.63) is 46.9 Å². The number of rotatable bonds is 7. The predicted molar refractivity (Wildman–Crippen MR) is 159 cm³/mol. The first-order valence-electron chi connectivity index (χ1n) is 15.1. The lowest BCUT2D eigenvalue weighted by atomic mass is 9.92. The second-order valence-corrected chi connectivity index (χ2v) is 11.8. The molecule has 0 aliphatic carbocycles. The van der Waals surface area contributed by atoms with Gasteiger partial charge in [-0.1, -0.05) is 0 Å². The number of fused-ring (bicyclic) bond motifs is 2. The molecule has 6 rings (SSSR count). The van der Waals surface area contributed by atoms with Crippen LogP contribution in [0.4, 0.5) is 20.3 Å². The van der Waals surface area contributed by atoms with Gasteiger partial charge in [-0.25, -0.2) is 8.78 Å². The monoisotopic (exact) mass is 575 g/mol. The molecule has 8 nitrogen and oxygen atoms in total. The molecule has 1 aromatic carbocycles. The Labute approximate surface area is 246 Å². The van der Waals surface area contributed by atoms with Gasteiger partial charge in [-0.15, -0.1) is 12.3 Å². The van der Waals surface area contributed by atoms with Crippen LogP contribution in [0.1, 0.15) is 73.9 Å². The summed E-state index contributed by atoms with van der Waals surface area (Å²) in [6.07, 6.45) is 12.5. The zero-order valence-electron chi connectivity index (χ0n) is 24.5. The number of halogens is 2. The number of piperidine rings is 1. The first kappa shape index (κ1) is 28.4. The van der Waals surface area contributed by atoms with Gasteiger partial charge in [-0.2, -0.15) is 10.2 Å². The number of terminal acetylenes is 1. The Balaban J connectivity index is 1.37. The fourth-order valence-electron chi connectivity index (χ4n) is 6.87. The molecule has 0 saturated carbocycles. The summed E-state index contributed by atoms with van der Waals surface area (Å²) in [6.45, 7) is 6.48. The van der Waals surface area contributed by atoms with Crippen molar-refractivity contribution >= 4 is 17.4 Å². The van der Waals surface area contributed by atoms with E-state index in [-0.39, 0.29) is 17.5 Å². The molecular weight excluding hydrogens is 536 g/mol. The molecule has 5 heterocycles. The van der Waals surface area contributed by atoms with Crippen LogP contribution < -0.4 is 4.90 Å². The molecule has 1 fully saturated rings. The summed E-state index contributed by atoms with van der Waals surface area (Å²) in [5, 5.41) is 9.46. The van der Waals surface area contributed by atoms with Crippen molar-refractivity contribution in [2.75, 3.05) is 37.6 Å². The van der Waals surface area contributed by atoms with Gasteiger partial charge in [-0.3, -0.25) is 14.2 Å². The highest BCUT2D eigenvalue weighted by Gasteiger charge is 2.34. The number of nitrogens with zero attached hydrogens (tertiary/aromatic N) is 7. The van der Waals surface area contributed by atoms with Crippen molar-refractivity contribution < 1.29 is 13.6 Å². The smallest absolute Gasteiger partial charge is 0.264 e. The van der Waals surface area contributed by atoms with Crippen LogP contribution in [0.3, 0.4) is 0 Å². The maximum absolute atomic E-state index is 14.5. The van der Waals surface area contributed by atoms with Gasteiger partial charge in [0.2, 0.25) is 5.91 Å². The van der Waals surface area contributed by atoms with Crippen molar-refractivity contribution in [1.29, 1.82) is 0 Å². The van der Waals surface area contributed by atoms with Crippen LogP contribution in [0.15, 0.2) is 24.5 Å². The first-order chi connectivity index (χ1) is 20.3. The Morgan fingerprint density at radius 1 is 1.17 bits per heavy atom. The van der Waals surface area contributed by atoms with Crippen LogP contribution in [-0.4, -0.2) is 68.0 Å². The van der Waals surface area contributed by atoms with Crippen LogP contribution in [0.5, 0.6) is 0 Å². The van der Waals surface area contributed by atoms with Crippen LogP contribution >= 0.6 is 0 Å². The zero-order valence-corrected chi connectivity index (χ0v) is 24.5. The van der Waals surface area contributed by atoms with E-state index in [1.165, 1.54) is 5.69 Å². The summed E-state index contributed by atoms with van der Waals surface area (Å²) in [5.74, 6) is 3.58. The molecule has 0 radical (unpaired) electrons. The highest BCUT2D eigenvalue weighted by molar-refractivity contribution is 5.78. The van der Waals surface area contributed by atoms with E-state index in [4.69, 9.17) is 11.5 Å². The van der Waals surface area contributed by atoms with E-state index in [1.54, 1.807) is 37.1 Å².